The molecule has 3 aromatic rings. The van der Waals surface area contributed by atoms with E-state index in [1.54, 1.807) is 24.3 Å². The number of rotatable bonds is 6. The van der Waals surface area contributed by atoms with Gasteiger partial charge in [0.1, 0.15) is 0 Å². The monoisotopic (exact) mass is 370 g/mol. The van der Waals surface area contributed by atoms with E-state index in [1.165, 1.54) is 0 Å². The number of nitrogens with one attached hydrogen (secondary N) is 2. The Morgan fingerprint density at radius 2 is 1.85 bits per heavy atom. The lowest BCUT2D eigenvalue weighted by Gasteiger charge is -2.08. The Labute approximate surface area is 156 Å². The number of amides is 2. The van der Waals surface area contributed by atoms with Crippen molar-refractivity contribution >= 4 is 40.4 Å². The van der Waals surface area contributed by atoms with Crippen LogP contribution in [0.15, 0.2) is 48.5 Å². The Balaban J connectivity index is 1.56. The number of halogens is 1. The number of carbonyl (C=O) groups excluding carboxylic acids is 2. The van der Waals surface area contributed by atoms with Crippen LogP contribution in [0.1, 0.15) is 23.7 Å². The zero-order valence-electron chi connectivity index (χ0n) is 14.3. The predicted octanol–water partition coefficient (Wildman–Crippen LogP) is 3.47. The summed E-state index contributed by atoms with van der Waals surface area (Å²) in [6.07, 6.45) is 0.159. The molecule has 0 bridgehead atoms. The summed E-state index contributed by atoms with van der Waals surface area (Å²) < 4.78 is 1.94. The fourth-order valence-electron chi connectivity index (χ4n) is 2.67. The van der Waals surface area contributed by atoms with Gasteiger partial charge in [0.2, 0.25) is 11.9 Å². The summed E-state index contributed by atoms with van der Waals surface area (Å²) in [6.45, 7) is 2.93. The molecule has 6 nitrogen and oxygen atoms in total. The molecule has 1 aromatic heterocycles. The van der Waals surface area contributed by atoms with Gasteiger partial charge in [-0.1, -0.05) is 23.7 Å². The van der Waals surface area contributed by atoms with E-state index in [2.05, 4.69) is 15.6 Å². The van der Waals surface area contributed by atoms with Gasteiger partial charge in [-0.3, -0.25) is 14.9 Å². The number of hydrogen-bond donors (Lipinski definition) is 2. The molecule has 3 rings (SSSR count). The molecule has 2 N–H and O–H groups in total. The van der Waals surface area contributed by atoms with E-state index in [0.29, 0.717) is 23.1 Å². The lowest BCUT2D eigenvalue weighted by Crippen LogP contribution is -2.28. The van der Waals surface area contributed by atoms with Crippen molar-refractivity contribution in [2.45, 2.75) is 19.9 Å². The van der Waals surface area contributed by atoms with E-state index in [9.17, 15) is 9.59 Å². The number of carbonyl (C=O) groups is 2. The molecule has 0 unspecified atom stereocenters. The fraction of sp³-hybridized carbons (Fsp3) is 0.211. The molecule has 0 radical (unpaired) electrons. The van der Waals surface area contributed by atoms with Crippen LogP contribution in [-0.2, 0) is 11.3 Å². The first-order valence-electron chi connectivity index (χ1n) is 8.37. The largest absolute Gasteiger partial charge is 0.352 e. The summed E-state index contributed by atoms with van der Waals surface area (Å²) in [5.74, 6) is 0.0735. The van der Waals surface area contributed by atoms with Gasteiger partial charge in [-0.15, -0.1) is 0 Å². The van der Waals surface area contributed by atoms with Crippen LogP contribution in [0.4, 0.5) is 5.95 Å². The zero-order chi connectivity index (χ0) is 18.5. The van der Waals surface area contributed by atoms with Crippen molar-refractivity contribution < 1.29 is 9.59 Å². The van der Waals surface area contributed by atoms with Gasteiger partial charge in [-0.25, -0.2) is 4.98 Å². The second-order valence-corrected chi connectivity index (χ2v) is 6.17. The van der Waals surface area contributed by atoms with Crippen molar-refractivity contribution in [2.75, 3.05) is 11.9 Å². The molecule has 7 heteroatoms. The maximum Gasteiger partial charge on any atom is 0.251 e. The molecule has 0 aliphatic heterocycles. The number of benzene rings is 2. The van der Waals surface area contributed by atoms with Gasteiger partial charge in [0, 0.05) is 30.1 Å². The van der Waals surface area contributed by atoms with Gasteiger partial charge < -0.3 is 9.88 Å². The van der Waals surface area contributed by atoms with Crippen LogP contribution in [0, 0.1) is 0 Å². The number of imidazole rings is 1. The van der Waals surface area contributed by atoms with Crippen molar-refractivity contribution in [1.82, 2.24) is 14.9 Å². The van der Waals surface area contributed by atoms with Crippen molar-refractivity contribution in [3.8, 4) is 0 Å². The van der Waals surface area contributed by atoms with Gasteiger partial charge in [0.25, 0.3) is 5.91 Å². The molecule has 0 aliphatic rings. The highest BCUT2D eigenvalue weighted by atomic mass is 35.5. The van der Waals surface area contributed by atoms with Crippen LogP contribution in [0.2, 0.25) is 5.02 Å². The summed E-state index contributed by atoms with van der Waals surface area (Å²) >= 11 is 5.80. The highest BCUT2D eigenvalue weighted by Gasteiger charge is 2.12. The summed E-state index contributed by atoms with van der Waals surface area (Å²) in [5.41, 5.74) is 2.31. The van der Waals surface area contributed by atoms with Gasteiger partial charge in [-0.2, -0.15) is 0 Å². The molecule has 0 saturated carbocycles. The van der Waals surface area contributed by atoms with Crippen molar-refractivity contribution in [3.63, 3.8) is 0 Å². The Kier molecular flexibility index (Phi) is 5.53. The molecule has 1 heterocycles. The predicted molar refractivity (Wildman–Crippen MR) is 102 cm³/mol. The normalized spacial score (nSPS) is 10.7. The molecule has 2 aromatic carbocycles. The topological polar surface area (TPSA) is 76.0 Å². The highest BCUT2D eigenvalue weighted by molar-refractivity contribution is 6.30. The third kappa shape index (κ3) is 4.03. The minimum Gasteiger partial charge on any atom is -0.352 e. The molecular weight excluding hydrogens is 352 g/mol. The third-order valence-electron chi connectivity index (χ3n) is 3.97. The van der Waals surface area contributed by atoms with E-state index in [-0.39, 0.29) is 24.8 Å². The van der Waals surface area contributed by atoms with E-state index in [0.717, 1.165) is 11.0 Å². The lowest BCUT2D eigenvalue weighted by atomic mass is 10.2. The van der Waals surface area contributed by atoms with Gasteiger partial charge in [0.05, 0.1) is 11.0 Å². The number of hydrogen-bond acceptors (Lipinski definition) is 3. The number of aryl methyl sites for hydroxylation is 1. The molecular formula is C19H19ClN4O2. The Bertz CT molecular complexity index is 934. The maximum absolute atomic E-state index is 12.2. The average molecular weight is 371 g/mol. The molecule has 2 amide bonds. The third-order valence-corrected chi connectivity index (χ3v) is 4.22. The summed E-state index contributed by atoms with van der Waals surface area (Å²) in [4.78, 5) is 28.7. The molecule has 26 heavy (non-hydrogen) atoms. The fourth-order valence-corrected chi connectivity index (χ4v) is 2.80. The second kappa shape index (κ2) is 8.01. The summed E-state index contributed by atoms with van der Waals surface area (Å²) in [6, 6.07) is 14.3. The number of fused-ring (bicyclic) bond motifs is 1. The Hall–Kier alpha value is -2.86. The van der Waals surface area contributed by atoms with Crippen LogP contribution in [0.5, 0.6) is 0 Å². The molecule has 0 spiro atoms. The minimum absolute atomic E-state index is 0.159. The van der Waals surface area contributed by atoms with Crippen LogP contribution >= 0.6 is 11.6 Å². The van der Waals surface area contributed by atoms with E-state index < -0.39 is 0 Å². The average Bonchev–Trinajstić information content (AvgIpc) is 2.99. The van der Waals surface area contributed by atoms with Crippen LogP contribution in [0.3, 0.4) is 0 Å². The molecule has 0 saturated heterocycles. The van der Waals surface area contributed by atoms with Gasteiger partial charge >= 0.3 is 0 Å². The van der Waals surface area contributed by atoms with Gasteiger partial charge in [-0.05, 0) is 43.3 Å². The number of para-hydroxylation sites is 2. The standard InChI is InChI=1S/C19H19ClN4O2/c1-2-24-16-6-4-3-5-15(16)22-19(24)23-17(25)11-12-21-18(26)13-7-9-14(20)10-8-13/h3-10H,2,11-12H2,1H3,(H,21,26)(H,22,23,25). The first-order valence-corrected chi connectivity index (χ1v) is 8.75. The zero-order valence-corrected chi connectivity index (χ0v) is 15.1. The molecule has 134 valence electrons. The smallest absolute Gasteiger partial charge is 0.251 e. The van der Waals surface area contributed by atoms with E-state index in [1.807, 2.05) is 35.8 Å². The lowest BCUT2D eigenvalue weighted by molar-refractivity contribution is -0.116. The highest BCUT2D eigenvalue weighted by Crippen LogP contribution is 2.19. The van der Waals surface area contributed by atoms with Gasteiger partial charge in [0.15, 0.2) is 0 Å². The minimum atomic E-state index is -0.240. The Morgan fingerprint density at radius 1 is 1.12 bits per heavy atom. The van der Waals surface area contributed by atoms with E-state index in [4.69, 9.17) is 11.6 Å². The quantitative estimate of drug-likeness (QED) is 0.697. The van der Waals surface area contributed by atoms with Crippen molar-refractivity contribution in [2.24, 2.45) is 0 Å². The molecule has 0 aliphatic carbocycles. The van der Waals surface area contributed by atoms with E-state index >= 15 is 0 Å². The van der Waals surface area contributed by atoms with Crippen LogP contribution in [0.25, 0.3) is 11.0 Å². The second-order valence-electron chi connectivity index (χ2n) is 5.73. The first-order chi connectivity index (χ1) is 12.6. The molecule has 0 fully saturated rings. The number of anilines is 1. The SMILES string of the molecule is CCn1c(NC(=O)CCNC(=O)c2ccc(Cl)cc2)nc2ccccc21. The van der Waals surface area contributed by atoms with Crippen molar-refractivity contribution in [1.29, 1.82) is 0 Å². The summed E-state index contributed by atoms with van der Waals surface area (Å²) in [7, 11) is 0. The Morgan fingerprint density at radius 3 is 2.58 bits per heavy atom. The summed E-state index contributed by atoms with van der Waals surface area (Å²) in [5, 5.41) is 6.11. The first kappa shape index (κ1) is 17.9. The number of nitrogens with zero attached hydrogens (tertiary/aromatic N) is 2. The molecule has 0 atom stereocenters. The maximum atomic E-state index is 12.2. The van der Waals surface area contributed by atoms with Crippen LogP contribution < -0.4 is 10.6 Å². The van der Waals surface area contributed by atoms with Crippen molar-refractivity contribution in [3.05, 3.63) is 59.1 Å². The number of aromatic nitrogens is 2. The van der Waals surface area contributed by atoms with Crippen LogP contribution in [-0.4, -0.2) is 27.9 Å².